The fourth-order valence-corrected chi connectivity index (χ4v) is 2.14. The Hall–Kier alpha value is -2.39. The quantitative estimate of drug-likeness (QED) is 0.786. The SMILES string of the molecule is NCc1cccc(COc2cnc3ccccc3c2)c1. The third-order valence-electron chi connectivity index (χ3n) is 3.20. The van der Waals surface area contributed by atoms with Gasteiger partial charge in [0.15, 0.2) is 0 Å². The molecular formula is C17H16N2O. The van der Waals surface area contributed by atoms with Gasteiger partial charge in [-0.15, -0.1) is 0 Å². The van der Waals surface area contributed by atoms with Crippen LogP contribution in [0.3, 0.4) is 0 Å². The molecule has 0 fully saturated rings. The van der Waals surface area contributed by atoms with Gasteiger partial charge in [0, 0.05) is 11.9 Å². The van der Waals surface area contributed by atoms with Gasteiger partial charge in [-0.05, 0) is 23.3 Å². The summed E-state index contributed by atoms with van der Waals surface area (Å²) in [6.45, 7) is 1.07. The molecule has 100 valence electrons. The van der Waals surface area contributed by atoms with Crippen LogP contribution in [-0.4, -0.2) is 4.98 Å². The molecule has 0 spiro atoms. The zero-order chi connectivity index (χ0) is 13.8. The number of benzene rings is 2. The third-order valence-corrected chi connectivity index (χ3v) is 3.20. The van der Waals surface area contributed by atoms with Crippen molar-refractivity contribution in [2.75, 3.05) is 0 Å². The monoisotopic (exact) mass is 264 g/mol. The van der Waals surface area contributed by atoms with Crippen molar-refractivity contribution < 1.29 is 4.74 Å². The summed E-state index contributed by atoms with van der Waals surface area (Å²) < 4.78 is 5.80. The van der Waals surface area contributed by atoms with Crippen molar-refractivity contribution >= 4 is 10.9 Å². The number of nitrogens with zero attached hydrogens (tertiary/aromatic N) is 1. The first-order valence-corrected chi connectivity index (χ1v) is 6.60. The van der Waals surface area contributed by atoms with Crippen molar-refractivity contribution in [3.05, 3.63) is 71.9 Å². The Labute approximate surface area is 118 Å². The highest BCUT2D eigenvalue weighted by Crippen LogP contribution is 2.19. The average Bonchev–Trinajstić information content (AvgIpc) is 2.53. The van der Waals surface area contributed by atoms with Crippen LogP contribution in [0, 0.1) is 0 Å². The average molecular weight is 264 g/mol. The van der Waals surface area contributed by atoms with E-state index in [2.05, 4.69) is 11.1 Å². The fourth-order valence-electron chi connectivity index (χ4n) is 2.14. The van der Waals surface area contributed by atoms with E-state index in [0.717, 1.165) is 27.8 Å². The highest BCUT2D eigenvalue weighted by Gasteiger charge is 2.00. The molecule has 3 nitrogen and oxygen atoms in total. The predicted octanol–water partition coefficient (Wildman–Crippen LogP) is 3.27. The molecule has 1 heterocycles. The molecule has 0 aliphatic carbocycles. The lowest BCUT2D eigenvalue weighted by atomic mass is 10.1. The Morgan fingerprint density at radius 3 is 2.70 bits per heavy atom. The minimum atomic E-state index is 0.522. The molecule has 2 N–H and O–H groups in total. The number of nitrogens with two attached hydrogens (primary N) is 1. The molecular weight excluding hydrogens is 248 g/mol. The summed E-state index contributed by atoms with van der Waals surface area (Å²) in [4.78, 5) is 4.38. The number of rotatable bonds is 4. The maximum atomic E-state index is 5.80. The summed E-state index contributed by atoms with van der Waals surface area (Å²) in [5, 5.41) is 1.08. The fraction of sp³-hybridized carbons (Fsp3) is 0.118. The van der Waals surface area contributed by atoms with E-state index >= 15 is 0 Å². The smallest absolute Gasteiger partial charge is 0.138 e. The Bertz CT molecular complexity index is 725. The van der Waals surface area contributed by atoms with Gasteiger partial charge in [0.1, 0.15) is 12.4 Å². The molecule has 0 saturated heterocycles. The Morgan fingerprint density at radius 1 is 0.950 bits per heavy atom. The van der Waals surface area contributed by atoms with Crippen LogP contribution in [0.25, 0.3) is 10.9 Å². The van der Waals surface area contributed by atoms with Crippen molar-refractivity contribution in [2.45, 2.75) is 13.2 Å². The highest BCUT2D eigenvalue weighted by atomic mass is 16.5. The minimum absolute atomic E-state index is 0.522. The molecule has 0 saturated carbocycles. The van der Waals surface area contributed by atoms with Crippen LogP contribution in [0.5, 0.6) is 5.75 Å². The molecule has 20 heavy (non-hydrogen) atoms. The summed E-state index contributed by atoms with van der Waals surface area (Å²) in [6, 6.07) is 18.1. The van der Waals surface area contributed by atoms with Crippen molar-refractivity contribution in [1.82, 2.24) is 4.98 Å². The Morgan fingerprint density at radius 2 is 1.80 bits per heavy atom. The molecule has 3 aromatic rings. The van der Waals surface area contributed by atoms with Gasteiger partial charge in [0.2, 0.25) is 0 Å². The maximum Gasteiger partial charge on any atom is 0.138 e. The second-order valence-corrected chi connectivity index (χ2v) is 4.68. The molecule has 0 aliphatic rings. The van der Waals surface area contributed by atoms with Crippen LogP contribution in [-0.2, 0) is 13.2 Å². The normalized spacial score (nSPS) is 10.7. The van der Waals surface area contributed by atoms with Crippen LogP contribution in [0.4, 0.5) is 0 Å². The number of hydrogen-bond acceptors (Lipinski definition) is 3. The van der Waals surface area contributed by atoms with Crippen molar-refractivity contribution in [2.24, 2.45) is 5.73 Å². The number of ether oxygens (including phenoxy) is 1. The number of fused-ring (bicyclic) bond motifs is 1. The molecule has 0 bridgehead atoms. The molecule has 0 amide bonds. The number of aromatic nitrogens is 1. The molecule has 0 radical (unpaired) electrons. The van der Waals surface area contributed by atoms with E-state index in [-0.39, 0.29) is 0 Å². The predicted molar refractivity (Wildman–Crippen MR) is 80.4 cm³/mol. The summed E-state index contributed by atoms with van der Waals surface area (Å²) >= 11 is 0. The standard InChI is InChI=1S/C17H16N2O/c18-10-13-4-3-5-14(8-13)12-20-16-9-15-6-1-2-7-17(15)19-11-16/h1-9,11H,10,12,18H2. The van der Waals surface area contributed by atoms with Crippen molar-refractivity contribution in [3.63, 3.8) is 0 Å². The van der Waals surface area contributed by atoms with Gasteiger partial charge in [0.25, 0.3) is 0 Å². The van der Waals surface area contributed by atoms with Crippen LogP contribution in [0.1, 0.15) is 11.1 Å². The summed E-state index contributed by atoms with van der Waals surface area (Å²) in [7, 11) is 0. The van der Waals surface area contributed by atoms with E-state index in [1.807, 2.05) is 48.5 Å². The van der Waals surface area contributed by atoms with Gasteiger partial charge < -0.3 is 10.5 Å². The number of hydrogen-bond donors (Lipinski definition) is 1. The lowest BCUT2D eigenvalue weighted by Crippen LogP contribution is -2.00. The van der Waals surface area contributed by atoms with E-state index in [9.17, 15) is 0 Å². The first-order chi connectivity index (χ1) is 9.85. The van der Waals surface area contributed by atoms with E-state index < -0.39 is 0 Å². The van der Waals surface area contributed by atoms with Crippen LogP contribution >= 0.6 is 0 Å². The topological polar surface area (TPSA) is 48.1 Å². The zero-order valence-electron chi connectivity index (χ0n) is 11.1. The van der Waals surface area contributed by atoms with Gasteiger partial charge in [0.05, 0.1) is 11.7 Å². The molecule has 0 unspecified atom stereocenters. The molecule has 0 aliphatic heterocycles. The van der Waals surface area contributed by atoms with Gasteiger partial charge in [-0.3, -0.25) is 4.98 Å². The number of pyridine rings is 1. The Kier molecular flexibility index (Phi) is 3.61. The van der Waals surface area contributed by atoms with Crippen LogP contribution < -0.4 is 10.5 Å². The molecule has 0 atom stereocenters. The molecule has 2 aromatic carbocycles. The van der Waals surface area contributed by atoms with E-state index in [1.54, 1.807) is 6.20 Å². The zero-order valence-corrected chi connectivity index (χ0v) is 11.1. The third kappa shape index (κ3) is 2.78. The summed E-state index contributed by atoms with van der Waals surface area (Å²) in [5.74, 6) is 0.779. The van der Waals surface area contributed by atoms with Crippen molar-refractivity contribution in [1.29, 1.82) is 0 Å². The molecule has 1 aromatic heterocycles. The second kappa shape index (κ2) is 5.72. The first-order valence-electron chi connectivity index (χ1n) is 6.60. The number of para-hydroxylation sites is 1. The van der Waals surface area contributed by atoms with Gasteiger partial charge in [-0.1, -0.05) is 42.5 Å². The first kappa shape index (κ1) is 12.6. The van der Waals surface area contributed by atoms with E-state index in [1.165, 1.54) is 0 Å². The van der Waals surface area contributed by atoms with Crippen LogP contribution in [0.2, 0.25) is 0 Å². The highest BCUT2D eigenvalue weighted by molar-refractivity contribution is 5.79. The largest absolute Gasteiger partial charge is 0.487 e. The van der Waals surface area contributed by atoms with Gasteiger partial charge in [-0.25, -0.2) is 0 Å². The van der Waals surface area contributed by atoms with E-state index in [0.29, 0.717) is 13.2 Å². The van der Waals surface area contributed by atoms with E-state index in [4.69, 9.17) is 10.5 Å². The second-order valence-electron chi connectivity index (χ2n) is 4.68. The summed E-state index contributed by atoms with van der Waals surface area (Å²) in [5.41, 5.74) is 8.84. The minimum Gasteiger partial charge on any atom is -0.487 e. The maximum absolute atomic E-state index is 5.80. The van der Waals surface area contributed by atoms with Gasteiger partial charge >= 0.3 is 0 Å². The van der Waals surface area contributed by atoms with Crippen molar-refractivity contribution in [3.8, 4) is 5.75 Å². The lowest BCUT2D eigenvalue weighted by Gasteiger charge is -2.08. The molecule has 3 rings (SSSR count). The summed E-state index contributed by atoms with van der Waals surface area (Å²) in [6.07, 6.45) is 1.76. The lowest BCUT2D eigenvalue weighted by molar-refractivity contribution is 0.305. The van der Waals surface area contributed by atoms with Gasteiger partial charge in [-0.2, -0.15) is 0 Å². The van der Waals surface area contributed by atoms with Crippen LogP contribution in [0.15, 0.2) is 60.8 Å². The Balaban J connectivity index is 1.76. The molecule has 3 heteroatoms.